The number of fused-ring (bicyclic) bond motifs is 1. The second kappa shape index (κ2) is 6.05. The molecule has 1 aliphatic heterocycles. The number of amides is 1. The summed E-state index contributed by atoms with van der Waals surface area (Å²) < 4.78 is 19.1. The fourth-order valence-electron chi connectivity index (χ4n) is 3.00. The van der Waals surface area contributed by atoms with E-state index in [0.717, 1.165) is 11.1 Å². The summed E-state index contributed by atoms with van der Waals surface area (Å²) >= 11 is 0. The van der Waals surface area contributed by atoms with Crippen molar-refractivity contribution < 1.29 is 13.9 Å². The summed E-state index contributed by atoms with van der Waals surface area (Å²) in [6.45, 7) is 1.49. The van der Waals surface area contributed by atoms with Gasteiger partial charge in [-0.25, -0.2) is 4.39 Å². The first-order chi connectivity index (χ1) is 11.7. The first-order valence-electron chi connectivity index (χ1n) is 7.80. The van der Waals surface area contributed by atoms with Crippen LogP contribution in [-0.4, -0.2) is 40.5 Å². The Kier molecular flexibility index (Phi) is 3.74. The second-order valence-corrected chi connectivity index (χ2v) is 5.81. The Hall–Kier alpha value is -2.73. The van der Waals surface area contributed by atoms with Crippen molar-refractivity contribution in [2.24, 2.45) is 0 Å². The van der Waals surface area contributed by atoms with E-state index in [-0.39, 0.29) is 17.8 Å². The van der Waals surface area contributed by atoms with E-state index >= 15 is 0 Å². The highest BCUT2D eigenvalue weighted by Gasteiger charge is 2.27. The molecular weight excluding hydrogens is 309 g/mol. The van der Waals surface area contributed by atoms with Crippen molar-refractivity contribution >= 4 is 16.8 Å². The van der Waals surface area contributed by atoms with Gasteiger partial charge in [0.25, 0.3) is 5.91 Å². The minimum Gasteiger partial charge on any atom is -0.370 e. The summed E-state index contributed by atoms with van der Waals surface area (Å²) in [5.41, 5.74) is 2.21. The fourth-order valence-corrected chi connectivity index (χ4v) is 3.00. The fraction of sp³-hybridized carbons (Fsp3) is 0.222. The number of benzene rings is 1. The van der Waals surface area contributed by atoms with E-state index in [0.29, 0.717) is 30.8 Å². The molecule has 1 amide bonds. The van der Waals surface area contributed by atoms with Gasteiger partial charge in [-0.05, 0) is 42.0 Å². The van der Waals surface area contributed by atoms with Crippen LogP contribution in [0.4, 0.5) is 4.39 Å². The number of carbonyl (C=O) groups excluding carboxylic acids is 1. The molecule has 3 aromatic rings. The quantitative estimate of drug-likeness (QED) is 0.788. The van der Waals surface area contributed by atoms with Gasteiger partial charge in [-0.3, -0.25) is 9.78 Å². The largest absolute Gasteiger partial charge is 0.370 e. The van der Waals surface area contributed by atoms with Crippen LogP contribution in [0, 0.1) is 5.82 Å². The van der Waals surface area contributed by atoms with Gasteiger partial charge in [-0.2, -0.15) is 0 Å². The van der Waals surface area contributed by atoms with E-state index in [1.807, 2.05) is 12.1 Å². The van der Waals surface area contributed by atoms with Crippen LogP contribution in [0.3, 0.4) is 0 Å². The lowest BCUT2D eigenvalue weighted by atomic mass is 10.1. The van der Waals surface area contributed by atoms with Crippen molar-refractivity contribution in [2.45, 2.75) is 6.10 Å². The van der Waals surface area contributed by atoms with Gasteiger partial charge in [0.2, 0.25) is 0 Å². The maximum absolute atomic E-state index is 13.3. The number of morpholine rings is 1. The summed E-state index contributed by atoms with van der Waals surface area (Å²) in [6, 6.07) is 9.91. The highest BCUT2D eigenvalue weighted by molar-refractivity contribution is 5.98. The highest BCUT2D eigenvalue weighted by atomic mass is 19.1. The lowest BCUT2D eigenvalue weighted by molar-refractivity contribution is -0.0230. The molecule has 0 saturated carbocycles. The predicted molar refractivity (Wildman–Crippen MR) is 87.1 cm³/mol. The van der Waals surface area contributed by atoms with Crippen molar-refractivity contribution in [3.05, 3.63) is 65.9 Å². The van der Waals surface area contributed by atoms with Crippen molar-refractivity contribution in [1.82, 2.24) is 14.9 Å². The maximum atomic E-state index is 13.3. The maximum Gasteiger partial charge on any atom is 0.270 e. The minimum absolute atomic E-state index is 0.103. The minimum atomic E-state index is -0.315. The Bertz CT molecular complexity index is 878. The number of hydrogen-bond donors (Lipinski definition) is 1. The molecular formula is C18H16FN3O2. The average molecular weight is 325 g/mol. The number of hydrogen-bond acceptors (Lipinski definition) is 3. The van der Waals surface area contributed by atoms with E-state index in [1.54, 1.807) is 29.4 Å². The molecule has 0 spiro atoms. The molecule has 4 rings (SSSR count). The van der Waals surface area contributed by atoms with Gasteiger partial charge in [-0.15, -0.1) is 0 Å². The van der Waals surface area contributed by atoms with E-state index in [1.165, 1.54) is 12.1 Å². The van der Waals surface area contributed by atoms with E-state index in [9.17, 15) is 9.18 Å². The van der Waals surface area contributed by atoms with Crippen LogP contribution in [0.1, 0.15) is 22.2 Å². The van der Waals surface area contributed by atoms with Crippen LogP contribution in [0.15, 0.2) is 48.8 Å². The number of pyridine rings is 1. The molecule has 0 aliphatic carbocycles. The smallest absolute Gasteiger partial charge is 0.270 e. The van der Waals surface area contributed by atoms with Crippen molar-refractivity contribution in [3.63, 3.8) is 0 Å². The molecule has 1 N–H and O–H groups in total. The Labute approximate surface area is 138 Å². The number of ether oxygens (including phenoxy) is 1. The number of H-pyrrole nitrogens is 1. The topological polar surface area (TPSA) is 58.2 Å². The first kappa shape index (κ1) is 14.8. The molecule has 1 atom stereocenters. The zero-order valence-electron chi connectivity index (χ0n) is 12.9. The number of halogens is 1. The Morgan fingerprint density at radius 2 is 2.08 bits per heavy atom. The lowest BCUT2D eigenvalue weighted by Gasteiger charge is -2.32. The number of rotatable bonds is 2. The van der Waals surface area contributed by atoms with Crippen LogP contribution >= 0.6 is 0 Å². The van der Waals surface area contributed by atoms with Crippen LogP contribution < -0.4 is 0 Å². The van der Waals surface area contributed by atoms with Crippen molar-refractivity contribution in [1.29, 1.82) is 0 Å². The van der Waals surface area contributed by atoms with Crippen LogP contribution in [0.2, 0.25) is 0 Å². The SMILES string of the molecule is O=C(c1cc2cc(F)ccc2[nH]1)N1CCO[C@H](c2ccncc2)C1. The molecule has 122 valence electrons. The number of carbonyl (C=O) groups is 1. The van der Waals surface area contributed by atoms with E-state index < -0.39 is 0 Å². The Balaban J connectivity index is 1.56. The Morgan fingerprint density at radius 3 is 2.92 bits per heavy atom. The molecule has 1 fully saturated rings. The molecule has 5 nitrogen and oxygen atoms in total. The highest BCUT2D eigenvalue weighted by Crippen LogP contribution is 2.24. The number of aromatic amines is 1. The molecule has 3 heterocycles. The number of nitrogens with zero attached hydrogens (tertiary/aromatic N) is 2. The second-order valence-electron chi connectivity index (χ2n) is 5.81. The van der Waals surface area contributed by atoms with Crippen LogP contribution in [0.25, 0.3) is 10.9 Å². The Morgan fingerprint density at radius 1 is 1.25 bits per heavy atom. The molecule has 0 bridgehead atoms. The molecule has 1 aliphatic rings. The predicted octanol–water partition coefficient (Wildman–Crippen LogP) is 2.92. The molecule has 1 aromatic carbocycles. The zero-order valence-corrected chi connectivity index (χ0v) is 12.9. The summed E-state index contributed by atoms with van der Waals surface area (Å²) in [7, 11) is 0. The number of nitrogens with one attached hydrogen (secondary N) is 1. The zero-order chi connectivity index (χ0) is 16.5. The third kappa shape index (κ3) is 2.76. The van der Waals surface area contributed by atoms with Crippen molar-refractivity contribution in [3.8, 4) is 0 Å². The summed E-state index contributed by atoms with van der Waals surface area (Å²) in [4.78, 5) is 21.6. The summed E-state index contributed by atoms with van der Waals surface area (Å²) in [5, 5.41) is 0.692. The lowest BCUT2D eigenvalue weighted by Crippen LogP contribution is -2.42. The van der Waals surface area contributed by atoms with Gasteiger partial charge in [0.1, 0.15) is 17.6 Å². The third-order valence-corrected chi connectivity index (χ3v) is 4.24. The van der Waals surface area contributed by atoms with Gasteiger partial charge < -0.3 is 14.6 Å². The number of aromatic nitrogens is 2. The van der Waals surface area contributed by atoms with Gasteiger partial charge in [0.15, 0.2) is 0 Å². The van der Waals surface area contributed by atoms with Gasteiger partial charge in [0, 0.05) is 29.8 Å². The molecule has 1 saturated heterocycles. The van der Waals surface area contributed by atoms with E-state index in [2.05, 4.69) is 9.97 Å². The van der Waals surface area contributed by atoms with Crippen LogP contribution in [-0.2, 0) is 4.74 Å². The summed E-state index contributed by atoms with van der Waals surface area (Å²) in [5.74, 6) is -0.418. The van der Waals surface area contributed by atoms with Gasteiger partial charge in [-0.1, -0.05) is 0 Å². The van der Waals surface area contributed by atoms with Crippen molar-refractivity contribution in [2.75, 3.05) is 19.7 Å². The standard InChI is InChI=1S/C18H16FN3O2/c19-14-1-2-15-13(9-14)10-16(21-15)18(23)22-7-8-24-17(11-22)12-3-5-20-6-4-12/h1-6,9-10,17,21H,7-8,11H2/t17-/m0/s1. The van der Waals surface area contributed by atoms with E-state index in [4.69, 9.17) is 4.74 Å². The molecule has 6 heteroatoms. The van der Waals surface area contributed by atoms with Gasteiger partial charge >= 0.3 is 0 Å². The normalized spacial score (nSPS) is 18.0. The summed E-state index contributed by atoms with van der Waals surface area (Å²) in [6.07, 6.45) is 3.27. The molecule has 0 radical (unpaired) electrons. The molecule has 0 unspecified atom stereocenters. The van der Waals surface area contributed by atoms with Crippen LogP contribution in [0.5, 0.6) is 0 Å². The first-order valence-corrected chi connectivity index (χ1v) is 7.80. The van der Waals surface area contributed by atoms with Gasteiger partial charge in [0.05, 0.1) is 13.2 Å². The third-order valence-electron chi connectivity index (χ3n) is 4.24. The monoisotopic (exact) mass is 325 g/mol. The molecule has 24 heavy (non-hydrogen) atoms. The molecule has 2 aromatic heterocycles. The average Bonchev–Trinajstić information content (AvgIpc) is 3.05.